The van der Waals surface area contributed by atoms with Crippen molar-refractivity contribution < 1.29 is 19.2 Å². The van der Waals surface area contributed by atoms with Crippen LogP contribution in [-0.2, 0) is 25.6 Å². The first-order valence-corrected chi connectivity index (χ1v) is 10.2. The predicted octanol–water partition coefficient (Wildman–Crippen LogP) is -1.47. The Morgan fingerprint density at radius 1 is 1.46 bits per heavy atom. The van der Waals surface area contributed by atoms with Crippen LogP contribution in [-0.4, -0.2) is 74.2 Å². The first kappa shape index (κ1) is 20.2. The summed E-state index contributed by atoms with van der Waals surface area (Å²) in [5.41, 5.74) is 6.09. The summed E-state index contributed by atoms with van der Waals surface area (Å²) >= 11 is 1.39. The summed E-state index contributed by atoms with van der Waals surface area (Å²) < 4.78 is 0. The first-order valence-electron chi connectivity index (χ1n) is 9.16. The largest absolute Gasteiger partial charge is 0.368 e. The molecule has 0 aromatic carbocycles. The van der Waals surface area contributed by atoms with Crippen molar-refractivity contribution in [1.82, 2.24) is 25.5 Å². The molecule has 1 aromatic heterocycles. The second-order valence-corrected chi connectivity index (χ2v) is 8.34. The lowest BCUT2D eigenvalue weighted by molar-refractivity contribution is -0.141. The van der Waals surface area contributed by atoms with E-state index < -0.39 is 29.9 Å². The van der Waals surface area contributed by atoms with Gasteiger partial charge < -0.3 is 26.3 Å². The van der Waals surface area contributed by atoms with Crippen molar-refractivity contribution in [1.29, 1.82) is 0 Å². The van der Waals surface area contributed by atoms with E-state index in [0.29, 0.717) is 30.8 Å². The molecule has 2 aliphatic heterocycles. The lowest BCUT2D eigenvalue weighted by atomic mass is 10.1. The zero-order valence-corrected chi connectivity index (χ0v) is 16.3. The molecule has 3 heterocycles. The van der Waals surface area contributed by atoms with E-state index in [4.69, 9.17) is 5.73 Å². The Morgan fingerprint density at radius 3 is 2.89 bits per heavy atom. The van der Waals surface area contributed by atoms with Crippen LogP contribution in [0.2, 0.25) is 0 Å². The second kappa shape index (κ2) is 8.63. The molecule has 5 N–H and O–H groups in total. The Hall–Kier alpha value is -2.56. The number of hydrogen-bond acceptors (Lipinski definition) is 6. The fourth-order valence-electron chi connectivity index (χ4n) is 3.40. The van der Waals surface area contributed by atoms with E-state index in [1.807, 2.05) is 0 Å². The maximum atomic E-state index is 13.1. The normalized spacial score (nSPS) is 25.8. The molecule has 0 aliphatic carbocycles. The molecule has 11 heteroatoms. The number of rotatable bonds is 6. The molecule has 0 radical (unpaired) electrons. The fraction of sp³-hybridized carbons (Fsp3) is 0.588. The van der Waals surface area contributed by atoms with Crippen molar-refractivity contribution in [2.24, 2.45) is 5.73 Å². The van der Waals surface area contributed by atoms with Crippen LogP contribution in [0.5, 0.6) is 0 Å². The molecule has 1 aromatic rings. The third-order valence-corrected chi connectivity index (χ3v) is 6.21. The molecule has 152 valence electrons. The number of amides is 4. The van der Waals surface area contributed by atoms with E-state index >= 15 is 0 Å². The summed E-state index contributed by atoms with van der Waals surface area (Å²) in [6.07, 6.45) is 4.44. The number of aromatic amines is 1. The van der Waals surface area contributed by atoms with Crippen molar-refractivity contribution in [2.75, 3.05) is 12.3 Å². The van der Waals surface area contributed by atoms with Crippen molar-refractivity contribution in [3.8, 4) is 0 Å². The Balaban J connectivity index is 1.73. The highest BCUT2D eigenvalue weighted by Gasteiger charge is 2.38. The number of H-pyrrole nitrogens is 1. The van der Waals surface area contributed by atoms with Gasteiger partial charge in [0, 0.05) is 30.6 Å². The minimum atomic E-state index is -0.894. The maximum Gasteiger partial charge on any atom is 0.246 e. The van der Waals surface area contributed by atoms with Crippen LogP contribution >= 0.6 is 11.8 Å². The highest BCUT2D eigenvalue weighted by atomic mass is 32.2. The molecular weight excluding hydrogens is 384 g/mol. The minimum Gasteiger partial charge on any atom is -0.368 e. The SMILES string of the molecule is C[C@H]1SCC(C(=O)N[C@@H](Cc2cnc[nH]2)C(=O)N2CCC[C@H]2C(N)=O)NC1=O. The summed E-state index contributed by atoms with van der Waals surface area (Å²) in [6.45, 7) is 2.19. The number of nitrogens with zero attached hydrogens (tertiary/aromatic N) is 2. The lowest BCUT2D eigenvalue weighted by Gasteiger charge is -2.30. The van der Waals surface area contributed by atoms with E-state index in [-0.39, 0.29) is 23.5 Å². The van der Waals surface area contributed by atoms with Gasteiger partial charge in [-0.05, 0) is 19.8 Å². The molecule has 3 rings (SSSR count). The van der Waals surface area contributed by atoms with Gasteiger partial charge in [0.2, 0.25) is 23.6 Å². The summed E-state index contributed by atoms with van der Waals surface area (Å²) in [4.78, 5) is 57.6. The molecule has 2 fully saturated rings. The number of primary amides is 1. The van der Waals surface area contributed by atoms with Crippen LogP contribution < -0.4 is 16.4 Å². The fourth-order valence-corrected chi connectivity index (χ4v) is 4.34. The molecule has 0 saturated carbocycles. The van der Waals surface area contributed by atoms with E-state index in [2.05, 4.69) is 20.6 Å². The number of carbonyl (C=O) groups is 4. The third kappa shape index (κ3) is 4.46. The van der Waals surface area contributed by atoms with Crippen molar-refractivity contribution >= 4 is 35.4 Å². The van der Waals surface area contributed by atoms with Gasteiger partial charge in [0.25, 0.3) is 0 Å². The predicted molar refractivity (Wildman–Crippen MR) is 102 cm³/mol. The Kier molecular flexibility index (Phi) is 6.22. The van der Waals surface area contributed by atoms with Crippen LogP contribution in [0.4, 0.5) is 0 Å². The number of thioether (sulfide) groups is 1. The van der Waals surface area contributed by atoms with E-state index in [1.54, 1.807) is 13.1 Å². The minimum absolute atomic E-state index is 0.191. The smallest absolute Gasteiger partial charge is 0.246 e. The highest BCUT2D eigenvalue weighted by molar-refractivity contribution is 8.00. The average Bonchev–Trinajstić information content (AvgIpc) is 3.34. The monoisotopic (exact) mass is 408 g/mol. The summed E-state index contributed by atoms with van der Waals surface area (Å²) in [7, 11) is 0. The molecule has 4 amide bonds. The topological polar surface area (TPSA) is 150 Å². The molecule has 2 saturated heterocycles. The van der Waals surface area contributed by atoms with Gasteiger partial charge in [-0.3, -0.25) is 19.2 Å². The van der Waals surface area contributed by atoms with E-state index in [1.165, 1.54) is 23.0 Å². The number of nitrogens with one attached hydrogen (secondary N) is 3. The van der Waals surface area contributed by atoms with Gasteiger partial charge in [-0.15, -0.1) is 11.8 Å². The number of imidazole rings is 1. The highest BCUT2D eigenvalue weighted by Crippen LogP contribution is 2.20. The summed E-state index contributed by atoms with van der Waals surface area (Å²) in [6, 6.07) is -2.27. The van der Waals surface area contributed by atoms with Gasteiger partial charge in [-0.25, -0.2) is 4.98 Å². The lowest BCUT2D eigenvalue weighted by Crippen LogP contribution is -2.59. The Morgan fingerprint density at radius 2 is 2.25 bits per heavy atom. The molecule has 0 bridgehead atoms. The molecular formula is C17H24N6O4S. The first-order chi connectivity index (χ1) is 13.4. The van der Waals surface area contributed by atoms with Crippen LogP contribution in [0.1, 0.15) is 25.5 Å². The number of hydrogen-bond donors (Lipinski definition) is 4. The van der Waals surface area contributed by atoms with E-state index in [9.17, 15) is 19.2 Å². The molecule has 0 spiro atoms. The molecule has 10 nitrogen and oxygen atoms in total. The second-order valence-electron chi connectivity index (χ2n) is 6.97. The average molecular weight is 408 g/mol. The van der Waals surface area contributed by atoms with Crippen LogP contribution in [0.25, 0.3) is 0 Å². The molecule has 28 heavy (non-hydrogen) atoms. The van der Waals surface area contributed by atoms with E-state index in [0.717, 1.165) is 0 Å². The van der Waals surface area contributed by atoms with Gasteiger partial charge >= 0.3 is 0 Å². The van der Waals surface area contributed by atoms with Gasteiger partial charge in [0.1, 0.15) is 18.1 Å². The van der Waals surface area contributed by atoms with Crippen molar-refractivity contribution in [3.63, 3.8) is 0 Å². The van der Waals surface area contributed by atoms with Crippen LogP contribution in [0, 0.1) is 0 Å². The van der Waals surface area contributed by atoms with Crippen molar-refractivity contribution in [2.45, 2.75) is 49.6 Å². The van der Waals surface area contributed by atoms with Gasteiger partial charge in [0.15, 0.2) is 0 Å². The molecule has 1 unspecified atom stereocenters. The third-order valence-electron chi connectivity index (χ3n) is 4.97. The van der Waals surface area contributed by atoms with Crippen LogP contribution in [0.3, 0.4) is 0 Å². The van der Waals surface area contributed by atoms with Gasteiger partial charge in [0.05, 0.1) is 11.6 Å². The zero-order chi connectivity index (χ0) is 20.3. The Labute approximate surface area is 166 Å². The maximum absolute atomic E-state index is 13.1. The number of nitrogens with two attached hydrogens (primary N) is 1. The van der Waals surface area contributed by atoms with Crippen LogP contribution in [0.15, 0.2) is 12.5 Å². The number of likely N-dealkylation sites (tertiary alicyclic amines) is 1. The quantitative estimate of drug-likeness (QED) is 0.451. The van der Waals surface area contributed by atoms with Gasteiger partial charge in [-0.2, -0.15) is 0 Å². The summed E-state index contributed by atoms with van der Waals surface area (Å²) in [5, 5.41) is 5.20. The summed E-state index contributed by atoms with van der Waals surface area (Å²) in [5.74, 6) is -1.13. The van der Waals surface area contributed by atoms with Gasteiger partial charge in [-0.1, -0.05) is 0 Å². The number of aromatic nitrogens is 2. The zero-order valence-electron chi connectivity index (χ0n) is 15.5. The standard InChI is InChI=1S/C17H24N6O4S/c1-9-15(25)22-12(7-28-9)16(26)21-11(5-10-6-19-8-20-10)17(27)23-4-2-3-13(23)14(18)24/h6,8-9,11-13H,2-5,7H2,1H3,(H2,18,24)(H,19,20)(H,21,26)(H,22,25)/t9-,11+,12?,13+/m1/s1. The van der Waals surface area contributed by atoms with Crippen molar-refractivity contribution in [3.05, 3.63) is 18.2 Å². The molecule has 4 atom stereocenters. The Bertz CT molecular complexity index is 755. The molecule has 2 aliphatic rings. The number of carbonyl (C=O) groups excluding carboxylic acids is 4.